The van der Waals surface area contributed by atoms with Crippen LogP contribution in [0.15, 0.2) is 0 Å². The SMILES string of the molecule is CCCCC(CC)CNC(=O)CC1CCCCC1N. The van der Waals surface area contributed by atoms with Crippen LogP contribution in [-0.2, 0) is 4.79 Å². The van der Waals surface area contributed by atoms with Gasteiger partial charge in [-0.3, -0.25) is 4.79 Å². The number of nitrogens with one attached hydrogen (secondary N) is 1. The van der Waals surface area contributed by atoms with E-state index in [1.165, 1.54) is 32.1 Å². The van der Waals surface area contributed by atoms with Crippen molar-refractivity contribution in [3.63, 3.8) is 0 Å². The van der Waals surface area contributed by atoms with Gasteiger partial charge in [0.2, 0.25) is 5.91 Å². The van der Waals surface area contributed by atoms with Crippen LogP contribution in [0, 0.1) is 11.8 Å². The predicted molar refractivity (Wildman–Crippen MR) is 80.9 cm³/mol. The van der Waals surface area contributed by atoms with Crippen molar-refractivity contribution in [3.8, 4) is 0 Å². The Hall–Kier alpha value is -0.570. The van der Waals surface area contributed by atoms with Crippen molar-refractivity contribution in [3.05, 3.63) is 0 Å². The van der Waals surface area contributed by atoms with Gasteiger partial charge < -0.3 is 11.1 Å². The molecule has 0 spiro atoms. The smallest absolute Gasteiger partial charge is 0.220 e. The molecule has 0 heterocycles. The summed E-state index contributed by atoms with van der Waals surface area (Å²) in [5.74, 6) is 1.26. The summed E-state index contributed by atoms with van der Waals surface area (Å²) >= 11 is 0. The maximum atomic E-state index is 12.0. The Balaban J connectivity index is 2.22. The second-order valence-corrected chi connectivity index (χ2v) is 6.13. The number of amides is 1. The first-order chi connectivity index (χ1) is 9.17. The topological polar surface area (TPSA) is 55.1 Å². The summed E-state index contributed by atoms with van der Waals surface area (Å²) in [5.41, 5.74) is 6.10. The van der Waals surface area contributed by atoms with Crippen LogP contribution < -0.4 is 11.1 Å². The van der Waals surface area contributed by atoms with E-state index in [2.05, 4.69) is 19.2 Å². The van der Waals surface area contributed by atoms with Crippen molar-refractivity contribution in [2.45, 2.75) is 77.7 Å². The number of unbranched alkanes of at least 4 members (excludes halogenated alkanes) is 1. The third kappa shape index (κ3) is 6.42. The highest BCUT2D eigenvalue weighted by Gasteiger charge is 2.24. The summed E-state index contributed by atoms with van der Waals surface area (Å²) in [6, 6.07) is 0.238. The molecule has 1 saturated carbocycles. The molecule has 0 saturated heterocycles. The van der Waals surface area contributed by atoms with Crippen molar-refractivity contribution < 1.29 is 4.79 Å². The minimum absolute atomic E-state index is 0.206. The van der Waals surface area contributed by atoms with Gasteiger partial charge in [0, 0.05) is 19.0 Å². The molecule has 3 heteroatoms. The summed E-state index contributed by atoms with van der Waals surface area (Å²) < 4.78 is 0. The lowest BCUT2D eigenvalue weighted by molar-refractivity contribution is -0.122. The quantitative estimate of drug-likeness (QED) is 0.710. The highest BCUT2D eigenvalue weighted by molar-refractivity contribution is 5.76. The molecule has 112 valence electrons. The van der Waals surface area contributed by atoms with E-state index >= 15 is 0 Å². The van der Waals surface area contributed by atoms with Gasteiger partial charge in [-0.05, 0) is 31.1 Å². The van der Waals surface area contributed by atoms with E-state index in [9.17, 15) is 4.79 Å². The number of carbonyl (C=O) groups excluding carboxylic acids is 1. The minimum Gasteiger partial charge on any atom is -0.356 e. The van der Waals surface area contributed by atoms with Crippen molar-refractivity contribution >= 4 is 5.91 Å². The van der Waals surface area contributed by atoms with E-state index in [-0.39, 0.29) is 11.9 Å². The average molecular weight is 268 g/mol. The molecule has 0 bridgehead atoms. The van der Waals surface area contributed by atoms with Crippen LogP contribution in [0.5, 0.6) is 0 Å². The van der Waals surface area contributed by atoms with Crippen molar-refractivity contribution in [1.82, 2.24) is 5.32 Å². The van der Waals surface area contributed by atoms with Gasteiger partial charge in [0.15, 0.2) is 0 Å². The minimum atomic E-state index is 0.206. The average Bonchev–Trinajstić information content (AvgIpc) is 2.41. The van der Waals surface area contributed by atoms with Crippen molar-refractivity contribution in [2.24, 2.45) is 17.6 Å². The molecule has 1 amide bonds. The van der Waals surface area contributed by atoms with Gasteiger partial charge in [-0.2, -0.15) is 0 Å². The van der Waals surface area contributed by atoms with Gasteiger partial charge in [0.05, 0.1) is 0 Å². The van der Waals surface area contributed by atoms with Gasteiger partial charge in [-0.1, -0.05) is 46.0 Å². The zero-order valence-corrected chi connectivity index (χ0v) is 12.8. The molecule has 3 unspecified atom stereocenters. The van der Waals surface area contributed by atoms with Crippen LogP contribution in [0.3, 0.4) is 0 Å². The third-order valence-electron chi connectivity index (χ3n) is 4.55. The molecule has 0 aliphatic heterocycles. The predicted octanol–water partition coefficient (Wildman–Crippen LogP) is 3.23. The van der Waals surface area contributed by atoms with Crippen LogP contribution in [0.25, 0.3) is 0 Å². The molecule has 1 fully saturated rings. The Bertz CT molecular complexity index is 255. The fourth-order valence-corrected chi connectivity index (χ4v) is 3.00. The number of hydrogen-bond donors (Lipinski definition) is 2. The second-order valence-electron chi connectivity index (χ2n) is 6.13. The van der Waals surface area contributed by atoms with Gasteiger partial charge in [-0.15, -0.1) is 0 Å². The first-order valence-electron chi connectivity index (χ1n) is 8.19. The van der Waals surface area contributed by atoms with Crippen LogP contribution in [0.2, 0.25) is 0 Å². The van der Waals surface area contributed by atoms with E-state index in [4.69, 9.17) is 5.73 Å². The molecule has 1 aliphatic carbocycles. The lowest BCUT2D eigenvalue weighted by Crippen LogP contribution is -2.38. The fraction of sp³-hybridized carbons (Fsp3) is 0.938. The molecule has 3 atom stereocenters. The Morgan fingerprint density at radius 3 is 2.68 bits per heavy atom. The fourth-order valence-electron chi connectivity index (χ4n) is 3.00. The number of nitrogens with two attached hydrogens (primary N) is 1. The van der Waals surface area contributed by atoms with Gasteiger partial charge in [0.1, 0.15) is 0 Å². The number of carbonyl (C=O) groups is 1. The maximum Gasteiger partial charge on any atom is 0.220 e. The van der Waals surface area contributed by atoms with Crippen LogP contribution in [0.1, 0.15) is 71.6 Å². The summed E-state index contributed by atoms with van der Waals surface area (Å²) in [6.45, 7) is 5.27. The summed E-state index contributed by atoms with van der Waals surface area (Å²) in [5, 5.41) is 3.12. The van der Waals surface area contributed by atoms with Crippen LogP contribution in [0.4, 0.5) is 0 Å². The first-order valence-corrected chi connectivity index (χ1v) is 8.19. The van der Waals surface area contributed by atoms with E-state index in [0.29, 0.717) is 18.3 Å². The lowest BCUT2D eigenvalue weighted by Gasteiger charge is -2.28. The number of rotatable bonds is 8. The van der Waals surface area contributed by atoms with Gasteiger partial charge in [0.25, 0.3) is 0 Å². The van der Waals surface area contributed by atoms with Gasteiger partial charge in [-0.25, -0.2) is 0 Å². The van der Waals surface area contributed by atoms with Crippen LogP contribution >= 0.6 is 0 Å². The largest absolute Gasteiger partial charge is 0.356 e. The molecule has 19 heavy (non-hydrogen) atoms. The molecule has 0 aromatic heterocycles. The normalized spacial score (nSPS) is 25.0. The number of hydrogen-bond acceptors (Lipinski definition) is 2. The van der Waals surface area contributed by atoms with Crippen LogP contribution in [-0.4, -0.2) is 18.5 Å². The Labute approximate surface area is 118 Å². The summed E-state index contributed by atoms with van der Waals surface area (Å²) in [6.07, 6.45) is 10.2. The molecular weight excluding hydrogens is 236 g/mol. The van der Waals surface area contributed by atoms with E-state index in [1.54, 1.807) is 0 Å². The second kappa shape index (κ2) is 9.35. The van der Waals surface area contributed by atoms with Crippen molar-refractivity contribution in [2.75, 3.05) is 6.54 Å². The summed E-state index contributed by atoms with van der Waals surface area (Å²) in [4.78, 5) is 12.0. The standard InChI is InChI=1S/C16H32N2O/c1-3-5-8-13(4-2)12-18-16(19)11-14-9-6-7-10-15(14)17/h13-15H,3-12,17H2,1-2H3,(H,18,19). The van der Waals surface area contributed by atoms with Crippen molar-refractivity contribution in [1.29, 1.82) is 0 Å². The van der Waals surface area contributed by atoms with E-state index in [0.717, 1.165) is 25.8 Å². The van der Waals surface area contributed by atoms with E-state index in [1.807, 2.05) is 0 Å². The molecule has 1 aliphatic rings. The zero-order valence-electron chi connectivity index (χ0n) is 12.8. The van der Waals surface area contributed by atoms with E-state index < -0.39 is 0 Å². The Kier molecular flexibility index (Phi) is 8.11. The summed E-state index contributed by atoms with van der Waals surface area (Å²) in [7, 11) is 0. The maximum absolute atomic E-state index is 12.0. The van der Waals surface area contributed by atoms with Gasteiger partial charge >= 0.3 is 0 Å². The molecule has 1 rings (SSSR count). The Morgan fingerprint density at radius 1 is 1.32 bits per heavy atom. The monoisotopic (exact) mass is 268 g/mol. The highest BCUT2D eigenvalue weighted by Crippen LogP contribution is 2.25. The Morgan fingerprint density at radius 2 is 2.05 bits per heavy atom. The lowest BCUT2D eigenvalue weighted by atomic mass is 9.83. The zero-order chi connectivity index (χ0) is 14.1. The molecular formula is C16H32N2O. The molecule has 0 aromatic rings. The third-order valence-corrected chi connectivity index (χ3v) is 4.55. The molecule has 3 nitrogen and oxygen atoms in total. The first kappa shape index (κ1) is 16.5. The molecule has 3 N–H and O–H groups in total. The molecule has 0 aromatic carbocycles. The molecule has 0 radical (unpaired) electrons. The highest BCUT2D eigenvalue weighted by atomic mass is 16.1.